The van der Waals surface area contributed by atoms with E-state index in [9.17, 15) is 10.1 Å². The molecular formula is C17H24N4O. The highest BCUT2D eigenvalue weighted by Gasteiger charge is 2.28. The molecule has 0 aromatic carbocycles. The minimum Gasteiger partial charge on any atom is -0.353 e. The summed E-state index contributed by atoms with van der Waals surface area (Å²) in [5, 5.41) is 12.4. The molecule has 1 unspecified atom stereocenters. The van der Waals surface area contributed by atoms with Crippen LogP contribution in [0.2, 0.25) is 0 Å². The second-order valence-electron chi connectivity index (χ2n) is 6.94. The van der Waals surface area contributed by atoms with Gasteiger partial charge in [0.1, 0.15) is 11.9 Å². The number of carbonyl (C=O) groups is 1. The highest BCUT2D eigenvalue weighted by atomic mass is 16.2. The second-order valence-corrected chi connectivity index (χ2v) is 6.94. The third-order valence-electron chi connectivity index (χ3n) is 3.87. The zero-order chi connectivity index (χ0) is 16.3. The van der Waals surface area contributed by atoms with Crippen LogP contribution in [0.5, 0.6) is 0 Å². The molecule has 0 aliphatic carbocycles. The first-order valence-electron chi connectivity index (χ1n) is 7.75. The van der Waals surface area contributed by atoms with E-state index in [1.54, 1.807) is 0 Å². The number of amides is 1. The van der Waals surface area contributed by atoms with Gasteiger partial charge in [0.05, 0.1) is 5.56 Å². The molecule has 2 rings (SSSR count). The van der Waals surface area contributed by atoms with Gasteiger partial charge >= 0.3 is 0 Å². The van der Waals surface area contributed by atoms with Crippen LogP contribution >= 0.6 is 0 Å². The van der Waals surface area contributed by atoms with Gasteiger partial charge in [-0.2, -0.15) is 5.26 Å². The molecule has 22 heavy (non-hydrogen) atoms. The summed E-state index contributed by atoms with van der Waals surface area (Å²) in [5.74, 6) is 0.800. The van der Waals surface area contributed by atoms with Crippen LogP contribution < -0.4 is 10.2 Å². The number of nitrogens with zero attached hydrogens (tertiary/aromatic N) is 3. The van der Waals surface area contributed by atoms with Crippen LogP contribution in [0.15, 0.2) is 12.1 Å². The molecule has 1 saturated heterocycles. The van der Waals surface area contributed by atoms with Gasteiger partial charge in [-0.05, 0) is 31.9 Å². The van der Waals surface area contributed by atoms with Crippen LogP contribution in [0.4, 0.5) is 5.82 Å². The number of nitrogens with one attached hydrogen (secondary N) is 1. The first kappa shape index (κ1) is 16.3. The predicted molar refractivity (Wildman–Crippen MR) is 86.5 cm³/mol. The minimum absolute atomic E-state index is 0.0667. The topological polar surface area (TPSA) is 69.0 Å². The van der Waals surface area contributed by atoms with E-state index in [-0.39, 0.29) is 17.4 Å². The van der Waals surface area contributed by atoms with Crippen molar-refractivity contribution < 1.29 is 4.79 Å². The number of piperidine rings is 1. The van der Waals surface area contributed by atoms with Gasteiger partial charge in [0.25, 0.3) is 0 Å². The van der Waals surface area contributed by atoms with Crippen LogP contribution in [0.3, 0.4) is 0 Å². The van der Waals surface area contributed by atoms with E-state index in [0.717, 1.165) is 30.9 Å². The lowest BCUT2D eigenvalue weighted by Crippen LogP contribution is -2.50. The van der Waals surface area contributed by atoms with Gasteiger partial charge in [0, 0.05) is 30.2 Å². The van der Waals surface area contributed by atoms with Gasteiger partial charge in [0.2, 0.25) is 5.91 Å². The van der Waals surface area contributed by atoms with E-state index in [4.69, 9.17) is 0 Å². The SMILES string of the molecule is Cc1ccc(C#N)c(N2CCCC(NC(=O)C(C)(C)C)C2)n1. The van der Waals surface area contributed by atoms with E-state index >= 15 is 0 Å². The Morgan fingerprint density at radius 3 is 2.82 bits per heavy atom. The van der Waals surface area contributed by atoms with Crippen molar-refractivity contribution in [2.75, 3.05) is 18.0 Å². The van der Waals surface area contributed by atoms with Crippen molar-refractivity contribution in [1.82, 2.24) is 10.3 Å². The number of hydrogen-bond donors (Lipinski definition) is 1. The molecule has 1 atom stereocenters. The Hall–Kier alpha value is -2.09. The fourth-order valence-electron chi connectivity index (χ4n) is 2.56. The average Bonchev–Trinajstić information content (AvgIpc) is 2.46. The zero-order valence-electron chi connectivity index (χ0n) is 13.8. The molecule has 1 aromatic heterocycles. The van der Waals surface area contributed by atoms with Crippen molar-refractivity contribution in [3.05, 3.63) is 23.4 Å². The van der Waals surface area contributed by atoms with Gasteiger partial charge in [-0.25, -0.2) is 4.98 Å². The average molecular weight is 300 g/mol. The number of pyridine rings is 1. The van der Waals surface area contributed by atoms with Crippen molar-refractivity contribution >= 4 is 11.7 Å². The van der Waals surface area contributed by atoms with E-state index < -0.39 is 0 Å². The Balaban J connectivity index is 2.13. The zero-order valence-corrected chi connectivity index (χ0v) is 13.8. The molecule has 1 N–H and O–H groups in total. The first-order valence-corrected chi connectivity index (χ1v) is 7.75. The first-order chi connectivity index (χ1) is 10.3. The Morgan fingerprint density at radius 1 is 1.45 bits per heavy atom. The molecule has 5 heteroatoms. The maximum atomic E-state index is 12.2. The summed E-state index contributed by atoms with van der Waals surface area (Å²) in [6.45, 7) is 9.24. The number of nitriles is 1. The third-order valence-corrected chi connectivity index (χ3v) is 3.87. The van der Waals surface area contributed by atoms with Gasteiger partial charge in [-0.15, -0.1) is 0 Å². The number of carbonyl (C=O) groups excluding carboxylic acids is 1. The summed E-state index contributed by atoms with van der Waals surface area (Å²) in [6, 6.07) is 5.98. The van der Waals surface area contributed by atoms with E-state index in [1.165, 1.54) is 0 Å². The molecular weight excluding hydrogens is 276 g/mol. The molecule has 0 saturated carbocycles. The molecule has 118 valence electrons. The molecule has 5 nitrogen and oxygen atoms in total. The lowest BCUT2D eigenvalue weighted by Gasteiger charge is -2.35. The standard InChI is InChI=1S/C17H24N4O/c1-12-7-8-13(10-18)15(19-12)21-9-5-6-14(11-21)20-16(22)17(2,3)4/h7-8,14H,5-6,9,11H2,1-4H3,(H,20,22). The van der Waals surface area contributed by atoms with E-state index in [1.807, 2.05) is 39.8 Å². The van der Waals surface area contributed by atoms with Crippen LogP contribution in [0, 0.1) is 23.7 Å². The number of aromatic nitrogens is 1. The molecule has 0 bridgehead atoms. The van der Waals surface area contributed by atoms with Crippen LogP contribution in [0.25, 0.3) is 0 Å². The Labute approximate surface area is 132 Å². The summed E-state index contributed by atoms with van der Waals surface area (Å²) >= 11 is 0. The predicted octanol–water partition coefficient (Wildman–Crippen LogP) is 2.39. The van der Waals surface area contributed by atoms with Crippen LogP contribution in [0.1, 0.15) is 44.9 Å². The summed E-state index contributed by atoms with van der Waals surface area (Å²) in [7, 11) is 0. The maximum absolute atomic E-state index is 12.2. The molecule has 1 aliphatic heterocycles. The fraction of sp³-hybridized carbons (Fsp3) is 0.588. The van der Waals surface area contributed by atoms with Gasteiger partial charge < -0.3 is 10.2 Å². The maximum Gasteiger partial charge on any atom is 0.225 e. The normalized spacial score (nSPS) is 18.7. The number of anilines is 1. The molecule has 1 aromatic rings. The van der Waals surface area contributed by atoms with Crippen molar-refractivity contribution in [1.29, 1.82) is 5.26 Å². The summed E-state index contributed by atoms with van der Waals surface area (Å²) in [5.41, 5.74) is 1.10. The Kier molecular flexibility index (Phi) is 4.70. The highest BCUT2D eigenvalue weighted by molar-refractivity contribution is 5.81. The van der Waals surface area contributed by atoms with Crippen molar-refractivity contribution in [2.45, 2.75) is 46.6 Å². The Bertz CT molecular complexity index is 598. The molecule has 1 aliphatic rings. The largest absolute Gasteiger partial charge is 0.353 e. The summed E-state index contributed by atoms with van der Waals surface area (Å²) in [4.78, 5) is 18.8. The van der Waals surface area contributed by atoms with E-state index in [2.05, 4.69) is 21.3 Å². The highest BCUT2D eigenvalue weighted by Crippen LogP contribution is 2.23. The molecule has 0 spiro atoms. The fourth-order valence-corrected chi connectivity index (χ4v) is 2.56. The third kappa shape index (κ3) is 3.76. The van der Waals surface area contributed by atoms with Gasteiger partial charge in [-0.3, -0.25) is 4.79 Å². The van der Waals surface area contributed by atoms with E-state index in [0.29, 0.717) is 12.1 Å². The molecule has 2 heterocycles. The van der Waals surface area contributed by atoms with Crippen molar-refractivity contribution in [2.24, 2.45) is 5.41 Å². The number of rotatable bonds is 2. The molecule has 1 fully saturated rings. The lowest BCUT2D eigenvalue weighted by molar-refractivity contribution is -0.129. The number of hydrogen-bond acceptors (Lipinski definition) is 4. The van der Waals surface area contributed by atoms with Crippen LogP contribution in [-0.4, -0.2) is 30.0 Å². The molecule has 1 amide bonds. The minimum atomic E-state index is -0.387. The number of aryl methyl sites for hydroxylation is 1. The quantitative estimate of drug-likeness (QED) is 0.910. The monoisotopic (exact) mass is 300 g/mol. The lowest BCUT2D eigenvalue weighted by atomic mass is 9.94. The van der Waals surface area contributed by atoms with Crippen LogP contribution in [-0.2, 0) is 4.79 Å². The molecule has 0 radical (unpaired) electrons. The second kappa shape index (κ2) is 6.35. The van der Waals surface area contributed by atoms with Crippen molar-refractivity contribution in [3.8, 4) is 6.07 Å². The summed E-state index contributed by atoms with van der Waals surface area (Å²) < 4.78 is 0. The van der Waals surface area contributed by atoms with Gasteiger partial charge in [0.15, 0.2) is 0 Å². The smallest absolute Gasteiger partial charge is 0.225 e. The Morgan fingerprint density at radius 2 is 2.18 bits per heavy atom. The van der Waals surface area contributed by atoms with Crippen molar-refractivity contribution in [3.63, 3.8) is 0 Å². The van der Waals surface area contributed by atoms with Gasteiger partial charge in [-0.1, -0.05) is 20.8 Å². The summed E-state index contributed by atoms with van der Waals surface area (Å²) in [6.07, 6.45) is 1.95.